The molecule has 0 aromatic carbocycles. The van der Waals surface area contributed by atoms with E-state index in [1.165, 1.54) is 35.5 Å². The zero-order valence-corrected chi connectivity index (χ0v) is 15.5. The van der Waals surface area contributed by atoms with Crippen LogP contribution >= 0.6 is 0 Å². The van der Waals surface area contributed by atoms with Crippen LogP contribution < -0.4 is 0 Å². The van der Waals surface area contributed by atoms with Gasteiger partial charge in [0, 0.05) is 62.1 Å². The zero-order valence-electron chi connectivity index (χ0n) is 15.5. The highest BCUT2D eigenvalue weighted by Crippen LogP contribution is 2.27. The van der Waals surface area contributed by atoms with Crippen molar-refractivity contribution < 1.29 is 0 Å². The molecular formula is C20H26N6. The fourth-order valence-electron chi connectivity index (χ4n) is 3.85. The van der Waals surface area contributed by atoms with Crippen LogP contribution in [0.4, 0.5) is 0 Å². The molecule has 0 unspecified atom stereocenters. The van der Waals surface area contributed by atoms with Gasteiger partial charge >= 0.3 is 0 Å². The summed E-state index contributed by atoms with van der Waals surface area (Å²) in [4.78, 5) is 11.5. The summed E-state index contributed by atoms with van der Waals surface area (Å²) in [6, 6.07) is 4.11. The van der Waals surface area contributed by atoms with Crippen LogP contribution in [-0.2, 0) is 20.1 Å². The van der Waals surface area contributed by atoms with Crippen molar-refractivity contribution in [2.24, 2.45) is 7.05 Å². The van der Waals surface area contributed by atoms with E-state index in [1.54, 1.807) is 0 Å². The highest BCUT2D eigenvalue weighted by molar-refractivity contribution is 5.16. The molecule has 0 radical (unpaired) electrons. The number of hydrogen-bond donors (Lipinski definition) is 0. The van der Waals surface area contributed by atoms with Gasteiger partial charge < -0.3 is 4.57 Å². The van der Waals surface area contributed by atoms with E-state index in [0.717, 1.165) is 26.2 Å². The molecule has 1 aliphatic rings. The quantitative estimate of drug-likeness (QED) is 0.710. The van der Waals surface area contributed by atoms with Crippen LogP contribution in [0, 0.1) is 6.92 Å². The number of rotatable bonds is 5. The van der Waals surface area contributed by atoms with E-state index in [2.05, 4.69) is 38.7 Å². The Morgan fingerprint density at radius 2 is 2.12 bits per heavy atom. The molecule has 6 nitrogen and oxygen atoms in total. The molecule has 0 saturated carbocycles. The Balaban J connectivity index is 1.47. The number of piperidine rings is 1. The molecular weight excluding hydrogens is 324 g/mol. The minimum absolute atomic E-state index is 0.479. The lowest BCUT2D eigenvalue weighted by atomic mass is 9.96. The summed E-state index contributed by atoms with van der Waals surface area (Å²) in [6.45, 7) is 6.15. The van der Waals surface area contributed by atoms with E-state index in [9.17, 15) is 0 Å². The summed E-state index contributed by atoms with van der Waals surface area (Å²) in [6.07, 6.45) is 12.2. The van der Waals surface area contributed by atoms with E-state index < -0.39 is 0 Å². The maximum atomic E-state index is 4.70. The lowest BCUT2D eigenvalue weighted by Gasteiger charge is -2.32. The molecule has 4 heterocycles. The summed E-state index contributed by atoms with van der Waals surface area (Å²) in [5, 5.41) is 4.38. The van der Waals surface area contributed by atoms with Gasteiger partial charge in [0.15, 0.2) is 0 Å². The van der Waals surface area contributed by atoms with E-state index in [4.69, 9.17) is 4.98 Å². The SMILES string of the molecule is Cc1c(CN2CCC[C@H](c3nccn3Cc3cccnc3)C2)cnn1C. The molecule has 26 heavy (non-hydrogen) atoms. The molecule has 3 aromatic heterocycles. The molecule has 4 rings (SSSR count). The Bertz CT molecular complexity index is 850. The van der Waals surface area contributed by atoms with Crippen molar-refractivity contribution in [3.63, 3.8) is 0 Å². The average molecular weight is 350 g/mol. The van der Waals surface area contributed by atoms with Crippen molar-refractivity contribution in [2.45, 2.75) is 38.8 Å². The van der Waals surface area contributed by atoms with Crippen LogP contribution in [0.5, 0.6) is 0 Å². The number of nitrogens with zero attached hydrogens (tertiary/aromatic N) is 6. The molecule has 1 saturated heterocycles. The van der Waals surface area contributed by atoms with Gasteiger partial charge in [-0.3, -0.25) is 14.6 Å². The van der Waals surface area contributed by atoms with E-state index in [-0.39, 0.29) is 0 Å². The molecule has 1 aliphatic heterocycles. The molecule has 0 spiro atoms. The number of aryl methyl sites for hydroxylation is 1. The molecule has 1 fully saturated rings. The van der Waals surface area contributed by atoms with Crippen molar-refractivity contribution in [3.8, 4) is 0 Å². The predicted octanol–water partition coefficient (Wildman–Crippen LogP) is 2.75. The van der Waals surface area contributed by atoms with Gasteiger partial charge in [0.1, 0.15) is 5.82 Å². The van der Waals surface area contributed by atoms with Crippen molar-refractivity contribution in [3.05, 3.63) is 65.8 Å². The van der Waals surface area contributed by atoms with Crippen molar-refractivity contribution in [2.75, 3.05) is 13.1 Å². The van der Waals surface area contributed by atoms with Crippen LogP contribution in [0.1, 0.15) is 41.4 Å². The normalized spacial score (nSPS) is 18.3. The van der Waals surface area contributed by atoms with Crippen LogP contribution in [0.25, 0.3) is 0 Å². The van der Waals surface area contributed by atoms with Crippen LogP contribution in [0.15, 0.2) is 43.1 Å². The third-order valence-electron chi connectivity index (χ3n) is 5.42. The third-order valence-corrected chi connectivity index (χ3v) is 5.42. The van der Waals surface area contributed by atoms with Crippen LogP contribution in [-0.4, -0.2) is 42.3 Å². The van der Waals surface area contributed by atoms with E-state index >= 15 is 0 Å². The van der Waals surface area contributed by atoms with Gasteiger partial charge in [-0.05, 0) is 37.9 Å². The number of pyridine rings is 1. The summed E-state index contributed by atoms with van der Waals surface area (Å²) >= 11 is 0. The Labute approximate surface area is 154 Å². The van der Waals surface area contributed by atoms with Gasteiger partial charge in [-0.15, -0.1) is 0 Å². The zero-order chi connectivity index (χ0) is 17.9. The Morgan fingerprint density at radius 3 is 2.88 bits per heavy atom. The number of hydrogen-bond acceptors (Lipinski definition) is 4. The first kappa shape index (κ1) is 17.0. The lowest BCUT2D eigenvalue weighted by molar-refractivity contribution is 0.194. The van der Waals surface area contributed by atoms with Crippen molar-refractivity contribution >= 4 is 0 Å². The molecule has 3 aromatic rings. The number of likely N-dealkylation sites (tertiary alicyclic amines) is 1. The minimum atomic E-state index is 0.479. The summed E-state index contributed by atoms with van der Waals surface area (Å²) < 4.78 is 4.23. The van der Waals surface area contributed by atoms with E-state index in [0.29, 0.717) is 5.92 Å². The Morgan fingerprint density at radius 1 is 1.19 bits per heavy atom. The van der Waals surface area contributed by atoms with Gasteiger partial charge in [-0.25, -0.2) is 4.98 Å². The summed E-state index contributed by atoms with van der Waals surface area (Å²) in [5.74, 6) is 1.67. The molecule has 1 atom stereocenters. The highest BCUT2D eigenvalue weighted by Gasteiger charge is 2.25. The number of aromatic nitrogens is 5. The topological polar surface area (TPSA) is 51.8 Å². The maximum absolute atomic E-state index is 4.70. The molecule has 136 valence electrons. The molecule has 0 N–H and O–H groups in total. The smallest absolute Gasteiger partial charge is 0.113 e. The van der Waals surface area contributed by atoms with E-state index in [1.807, 2.05) is 42.6 Å². The first-order valence-corrected chi connectivity index (χ1v) is 9.30. The number of imidazole rings is 1. The fourth-order valence-corrected chi connectivity index (χ4v) is 3.85. The third kappa shape index (κ3) is 3.55. The lowest BCUT2D eigenvalue weighted by Crippen LogP contribution is -2.35. The minimum Gasteiger partial charge on any atom is -0.330 e. The second-order valence-electron chi connectivity index (χ2n) is 7.23. The van der Waals surface area contributed by atoms with Crippen molar-refractivity contribution in [1.82, 2.24) is 29.2 Å². The van der Waals surface area contributed by atoms with Gasteiger partial charge in [0.05, 0.1) is 12.7 Å². The standard InChI is InChI=1S/C20H26N6/c1-16-19(12-23-24(16)2)15-25-9-4-6-18(14-25)20-22-8-10-26(20)13-17-5-3-7-21-11-17/h3,5,7-8,10-12,18H,4,6,9,13-15H2,1-2H3/t18-/m0/s1. The second kappa shape index (κ2) is 7.41. The first-order chi connectivity index (χ1) is 12.7. The molecule has 6 heteroatoms. The fraction of sp³-hybridized carbons (Fsp3) is 0.450. The van der Waals surface area contributed by atoms with Gasteiger partial charge in [-0.2, -0.15) is 5.10 Å². The summed E-state index contributed by atoms with van der Waals surface area (Å²) in [7, 11) is 2.01. The molecule has 0 amide bonds. The monoisotopic (exact) mass is 350 g/mol. The highest BCUT2D eigenvalue weighted by atomic mass is 15.3. The van der Waals surface area contributed by atoms with Gasteiger partial charge in [-0.1, -0.05) is 6.07 Å². The van der Waals surface area contributed by atoms with Gasteiger partial charge in [0.2, 0.25) is 0 Å². The molecule has 0 bridgehead atoms. The maximum Gasteiger partial charge on any atom is 0.113 e. The predicted molar refractivity (Wildman–Crippen MR) is 101 cm³/mol. The second-order valence-corrected chi connectivity index (χ2v) is 7.23. The molecule has 0 aliphatic carbocycles. The Hall–Kier alpha value is -2.47. The Kier molecular flexibility index (Phi) is 4.84. The summed E-state index contributed by atoms with van der Waals surface area (Å²) in [5.41, 5.74) is 3.79. The van der Waals surface area contributed by atoms with Crippen LogP contribution in [0.3, 0.4) is 0 Å². The average Bonchev–Trinajstić information content (AvgIpc) is 3.25. The largest absolute Gasteiger partial charge is 0.330 e. The first-order valence-electron chi connectivity index (χ1n) is 9.30. The van der Waals surface area contributed by atoms with Gasteiger partial charge in [0.25, 0.3) is 0 Å². The van der Waals surface area contributed by atoms with Crippen molar-refractivity contribution in [1.29, 1.82) is 0 Å². The van der Waals surface area contributed by atoms with Crippen LogP contribution in [0.2, 0.25) is 0 Å².